The Morgan fingerprint density at radius 1 is 0.929 bits per heavy atom. The molecule has 2 aromatic carbocycles. The topological polar surface area (TPSA) is 115 Å². The monoisotopic (exact) mass is 383 g/mol. The van der Waals surface area contributed by atoms with Crippen molar-refractivity contribution in [3.8, 4) is 29.1 Å². The van der Waals surface area contributed by atoms with Gasteiger partial charge in [-0.05, 0) is 42.0 Å². The van der Waals surface area contributed by atoms with E-state index in [0.29, 0.717) is 17.1 Å². The van der Waals surface area contributed by atoms with E-state index in [2.05, 4.69) is 0 Å². The van der Waals surface area contributed by atoms with E-state index in [-0.39, 0.29) is 17.1 Å². The number of carboxylic acids is 1. The Balaban J connectivity index is 2.30. The third-order valence-corrected chi connectivity index (χ3v) is 3.67. The van der Waals surface area contributed by atoms with Gasteiger partial charge in [0.25, 0.3) is 0 Å². The number of methoxy groups -OCH3 is 3. The number of ether oxygens (including phenoxy) is 4. The molecule has 0 aliphatic heterocycles. The molecular weight excluding hydrogens is 366 g/mol. The number of esters is 1. The molecule has 0 saturated carbocycles. The summed E-state index contributed by atoms with van der Waals surface area (Å²) in [5.41, 5.74) is 0.208. The first kappa shape index (κ1) is 20.3. The molecule has 0 fully saturated rings. The van der Waals surface area contributed by atoms with E-state index in [0.717, 1.165) is 0 Å². The summed E-state index contributed by atoms with van der Waals surface area (Å²) >= 11 is 0. The summed E-state index contributed by atoms with van der Waals surface area (Å²) in [5.74, 6) is -0.809. The van der Waals surface area contributed by atoms with Gasteiger partial charge in [-0.15, -0.1) is 0 Å². The van der Waals surface area contributed by atoms with Crippen LogP contribution in [0, 0.1) is 11.3 Å². The normalized spacial score (nSPS) is 10.6. The largest absolute Gasteiger partial charge is 0.493 e. The molecule has 0 atom stereocenters. The second-order valence-electron chi connectivity index (χ2n) is 5.34. The quantitative estimate of drug-likeness (QED) is 0.336. The van der Waals surface area contributed by atoms with Gasteiger partial charge in [-0.1, -0.05) is 6.07 Å². The van der Waals surface area contributed by atoms with Crippen molar-refractivity contribution in [1.82, 2.24) is 0 Å². The standard InChI is InChI=1S/C20H17NO7/c1-25-15-7-5-13(10-18(15)27-3)20(24)28-16-6-4-12(9-17(16)26-2)8-14(11-21)19(22)23/h4-10H,1-3H3,(H,22,23)/b14-8+. The summed E-state index contributed by atoms with van der Waals surface area (Å²) in [6.45, 7) is 0. The fourth-order valence-electron chi connectivity index (χ4n) is 2.29. The molecule has 8 heteroatoms. The number of carboxylic acid groups (broad SMARTS) is 1. The number of nitrogens with zero attached hydrogens (tertiary/aromatic N) is 1. The Bertz CT molecular complexity index is 973. The number of benzene rings is 2. The van der Waals surface area contributed by atoms with E-state index in [9.17, 15) is 9.59 Å². The van der Waals surface area contributed by atoms with Crippen molar-refractivity contribution in [2.75, 3.05) is 21.3 Å². The molecule has 144 valence electrons. The van der Waals surface area contributed by atoms with Crippen LogP contribution >= 0.6 is 0 Å². The van der Waals surface area contributed by atoms with Crippen LogP contribution in [0.3, 0.4) is 0 Å². The van der Waals surface area contributed by atoms with E-state index in [1.54, 1.807) is 12.1 Å². The lowest BCUT2D eigenvalue weighted by molar-refractivity contribution is -0.132. The summed E-state index contributed by atoms with van der Waals surface area (Å²) in [6.07, 6.45) is 1.19. The van der Waals surface area contributed by atoms with Gasteiger partial charge < -0.3 is 24.1 Å². The SMILES string of the molecule is COc1ccc(C(=O)Oc2ccc(/C=C(\C#N)C(=O)O)cc2OC)cc1OC. The molecule has 1 N–H and O–H groups in total. The predicted molar refractivity (Wildman–Crippen MR) is 98.7 cm³/mol. The second-order valence-corrected chi connectivity index (χ2v) is 5.34. The van der Waals surface area contributed by atoms with Gasteiger partial charge in [0.15, 0.2) is 23.0 Å². The minimum absolute atomic E-state index is 0.133. The van der Waals surface area contributed by atoms with Gasteiger partial charge in [0.05, 0.1) is 26.9 Å². The number of hydrogen-bond donors (Lipinski definition) is 1. The van der Waals surface area contributed by atoms with Gasteiger partial charge in [-0.3, -0.25) is 0 Å². The van der Waals surface area contributed by atoms with Gasteiger partial charge in [0.1, 0.15) is 11.6 Å². The highest BCUT2D eigenvalue weighted by atomic mass is 16.6. The van der Waals surface area contributed by atoms with E-state index < -0.39 is 17.5 Å². The van der Waals surface area contributed by atoms with Crippen LogP contribution in [0.5, 0.6) is 23.0 Å². The van der Waals surface area contributed by atoms with Crippen LogP contribution in [0.2, 0.25) is 0 Å². The zero-order valence-corrected chi connectivity index (χ0v) is 15.4. The van der Waals surface area contributed by atoms with E-state index in [1.807, 2.05) is 0 Å². The zero-order valence-electron chi connectivity index (χ0n) is 15.4. The van der Waals surface area contributed by atoms with Crippen LogP contribution in [-0.4, -0.2) is 38.4 Å². The number of carbonyl (C=O) groups is 2. The molecule has 2 aromatic rings. The average Bonchev–Trinajstić information content (AvgIpc) is 2.71. The molecule has 0 unspecified atom stereocenters. The second kappa shape index (κ2) is 9.09. The predicted octanol–water partition coefficient (Wildman–Crippen LogP) is 2.92. The number of rotatable bonds is 7. The number of aliphatic carboxylic acids is 1. The van der Waals surface area contributed by atoms with Crippen molar-refractivity contribution in [3.05, 3.63) is 53.1 Å². The summed E-state index contributed by atoms with van der Waals surface area (Å²) in [7, 11) is 4.31. The van der Waals surface area contributed by atoms with Gasteiger partial charge in [-0.25, -0.2) is 9.59 Å². The summed E-state index contributed by atoms with van der Waals surface area (Å²) in [5, 5.41) is 17.8. The Labute approximate surface area is 161 Å². The van der Waals surface area contributed by atoms with Gasteiger partial charge in [0.2, 0.25) is 0 Å². The summed E-state index contributed by atoms with van der Waals surface area (Å²) in [6, 6.07) is 10.6. The van der Waals surface area contributed by atoms with Crippen LogP contribution in [0.25, 0.3) is 6.08 Å². The molecule has 0 aliphatic rings. The Kier molecular flexibility index (Phi) is 6.60. The van der Waals surface area contributed by atoms with Crippen LogP contribution < -0.4 is 18.9 Å². The fraction of sp³-hybridized carbons (Fsp3) is 0.150. The molecular formula is C20H17NO7. The lowest BCUT2D eigenvalue weighted by atomic mass is 10.1. The van der Waals surface area contributed by atoms with E-state index in [1.165, 1.54) is 57.7 Å². The van der Waals surface area contributed by atoms with Crippen LogP contribution in [0.4, 0.5) is 0 Å². The molecule has 0 aliphatic carbocycles. The zero-order chi connectivity index (χ0) is 20.7. The first-order chi connectivity index (χ1) is 13.4. The highest BCUT2D eigenvalue weighted by molar-refractivity contribution is 5.96. The fourth-order valence-corrected chi connectivity index (χ4v) is 2.29. The first-order valence-electron chi connectivity index (χ1n) is 7.90. The molecule has 8 nitrogen and oxygen atoms in total. The van der Waals surface area contributed by atoms with Gasteiger partial charge in [-0.2, -0.15) is 5.26 Å². The Morgan fingerprint density at radius 3 is 2.11 bits per heavy atom. The highest BCUT2D eigenvalue weighted by Gasteiger charge is 2.16. The van der Waals surface area contributed by atoms with Crippen molar-refractivity contribution in [2.45, 2.75) is 0 Å². The molecule has 0 amide bonds. The van der Waals surface area contributed by atoms with Crippen molar-refractivity contribution in [3.63, 3.8) is 0 Å². The highest BCUT2D eigenvalue weighted by Crippen LogP contribution is 2.31. The lowest BCUT2D eigenvalue weighted by Gasteiger charge is -2.12. The third kappa shape index (κ3) is 4.59. The molecule has 0 heterocycles. The van der Waals surface area contributed by atoms with Crippen molar-refractivity contribution in [1.29, 1.82) is 5.26 Å². The molecule has 28 heavy (non-hydrogen) atoms. The van der Waals surface area contributed by atoms with Crippen molar-refractivity contribution >= 4 is 18.0 Å². The molecule has 2 rings (SSSR count). The number of nitriles is 1. The lowest BCUT2D eigenvalue weighted by Crippen LogP contribution is -2.09. The van der Waals surface area contributed by atoms with E-state index in [4.69, 9.17) is 29.3 Å². The van der Waals surface area contributed by atoms with Crippen molar-refractivity contribution in [2.24, 2.45) is 0 Å². The first-order valence-corrected chi connectivity index (χ1v) is 7.90. The van der Waals surface area contributed by atoms with Gasteiger partial charge >= 0.3 is 11.9 Å². The summed E-state index contributed by atoms with van der Waals surface area (Å²) < 4.78 is 20.9. The molecule has 0 bridgehead atoms. The third-order valence-electron chi connectivity index (χ3n) is 3.67. The van der Waals surface area contributed by atoms with Crippen molar-refractivity contribution < 1.29 is 33.6 Å². The average molecular weight is 383 g/mol. The number of hydrogen-bond acceptors (Lipinski definition) is 7. The Morgan fingerprint density at radius 2 is 1.54 bits per heavy atom. The van der Waals surface area contributed by atoms with E-state index >= 15 is 0 Å². The molecule has 0 spiro atoms. The minimum atomic E-state index is -1.34. The van der Waals surface area contributed by atoms with Crippen LogP contribution in [0.1, 0.15) is 15.9 Å². The van der Waals surface area contributed by atoms with Crippen LogP contribution in [0.15, 0.2) is 42.0 Å². The maximum atomic E-state index is 12.4. The minimum Gasteiger partial charge on any atom is -0.493 e. The summed E-state index contributed by atoms with van der Waals surface area (Å²) in [4.78, 5) is 23.4. The molecule has 0 radical (unpaired) electrons. The van der Waals surface area contributed by atoms with Gasteiger partial charge in [0, 0.05) is 0 Å². The molecule has 0 saturated heterocycles. The molecule has 0 aromatic heterocycles. The number of carbonyl (C=O) groups excluding carboxylic acids is 1. The maximum Gasteiger partial charge on any atom is 0.346 e. The Hall–Kier alpha value is -3.99. The maximum absolute atomic E-state index is 12.4. The van der Waals surface area contributed by atoms with Crippen LogP contribution in [-0.2, 0) is 4.79 Å². The smallest absolute Gasteiger partial charge is 0.346 e.